The lowest BCUT2D eigenvalue weighted by Crippen LogP contribution is -1.95. The van der Waals surface area contributed by atoms with Gasteiger partial charge < -0.3 is 15.1 Å². The molecule has 0 unspecified atom stereocenters. The predicted molar refractivity (Wildman–Crippen MR) is 57.1 cm³/mol. The Bertz CT molecular complexity index is 663. The number of H-pyrrole nitrogens is 2. The van der Waals surface area contributed by atoms with Gasteiger partial charge in [-0.2, -0.15) is 0 Å². The second-order valence-corrected chi connectivity index (χ2v) is 3.45. The fraction of sp³-hybridized carbons (Fsp3) is 0. The number of aromatic nitrogens is 2. The summed E-state index contributed by atoms with van der Waals surface area (Å²) in [6.45, 7) is 0. The quantitative estimate of drug-likeness (QED) is 0.564. The van der Waals surface area contributed by atoms with Crippen molar-refractivity contribution >= 4 is 27.9 Å². The highest BCUT2D eigenvalue weighted by Gasteiger charge is 2.11. The first kappa shape index (κ1) is 8.11. The van der Waals surface area contributed by atoms with E-state index in [1.54, 1.807) is 6.07 Å². The molecule has 4 heteroatoms. The lowest BCUT2D eigenvalue weighted by Gasteiger charge is -1.88. The minimum Gasteiger partial charge on any atom is -0.477 e. The van der Waals surface area contributed by atoms with Crippen LogP contribution in [0.2, 0.25) is 0 Å². The molecule has 0 aliphatic carbocycles. The Balaban J connectivity index is 2.42. The number of carboxylic acid groups (broad SMARTS) is 1. The van der Waals surface area contributed by atoms with E-state index in [9.17, 15) is 4.79 Å². The summed E-state index contributed by atoms with van der Waals surface area (Å²) in [5.74, 6) is -0.941. The Labute approximate surface area is 84.5 Å². The Morgan fingerprint density at radius 3 is 2.73 bits per heavy atom. The van der Waals surface area contributed by atoms with Crippen molar-refractivity contribution in [3.05, 3.63) is 36.0 Å². The zero-order chi connectivity index (χ0) is 10.4. The molecule has 0 fully saturated rings. The van der Waals surface area contributed by atoms with Crippen molar-refractivity contribution in [2.45, 2.75) is 0 Å². The number of nitrogens with one attached hydrogen (secondary N) is 2. The zero-order valence-electron chi connectivity index (χ0n) is 7.74. The number of carbonyl (C=O) groups is 1. The van der Waals surface area contributed by atoms with E-state index in [-0.39, 0.29) is 5.69 Å². The SMILES string of the molecule is O=C(O)c1cc2[nH]c3ccccc3c2[nH]1. The van der Waals surface area contributed by atoms with Crippen LogP contribution in [-0.2, 0) is 0 Å². The fourth-order valence-electron chi connectivity index (χ4n) is 1.84. The average Bonchev–Trinajstić information content (AvgIpc) is 2.73. The van der Waals surface area contributed by atoms with Gasteiger partial charge in [-0.05, 0) is 12.1 Å². The second-order valence-electron chi connectivity index (χ2n) is 3.45. The molecule has 3 N–H and O–H groups in total. The van der Waals surface area contributed by atoms with Crippen LogP contribution in [0.4, 0.5) is 0 Å². The summed E-state index contributed by atoms with van der Waals surface area (Å²) in [6.07, 6.45) is 0. The normalized spacial score (nSPS) is 11.2. The number of hydrogen-bond donors (Lipinski definition) is 3. The maximum absolute atomic E-state index is 10.8. The molecule has 1 aromatic carbocycles. The molecule has 0 atom stereocenters. The van der Waals surface area contributed by atoms with Crippen molar-refractivity contribution in [1.82, 2.24) is 9.97 Å². The number of benzene rings is 1. The molecule has 0 amide bonds. The molecule has 15 heavy (non-hydrogen) atoms. The molecule has 0 aliphatic rings. The van der Waals surface area contributed by atoms with Gasteiger partial charge in [0, 0.05) is 10.9 Å². The van der Waals surface area contributed by atoms with Gasteiger partial charge in [0.25, 0.3) is 0 Å². The van der Waals surface area contributed by atoms with Gasteiger partial charge in [0.15, 0.2) is 0 Å². The molecule has 3 aromatic rings. The molecule has 2 aromatic heterocycles. The molecule has 0 spiro atoms. The van der Waals surface area contributed by atoms with Gasteiger partial charge in [-0.1, -0.05) is 18.2 Å². The molecular formula is C11H8N2O2. The molecule has 0 aliphatic heterocycles. The lowest BCUT2D eigenvalue weighted by atomic mass is 10.2. The molecule has 3 rings (SSSR count). The Morgan fingerprint density at radius 1 is 1.13 bits per heavy atom. The third kappa shape index (κ3) is 1.05. The first-order valence-corrected chi connectivity index (χ1v) is 4.58. The van der Waals surface area contributed by atoms with Gasteiger partial charge in [-0.3, -0.25) is 0 Å². The molecule has 4 nitrogen and oxygen atoms in total. The van der Waals surface area contributed by atoms with E-state index in [2.05, 4.69) is 9.97 Å². The van der Waals surface area contributed by atoms with Crippen LogP contribution >= 0.6 is 0 Å². The van der Waals surface area contributed by atoms with Gasteiger partial charge >= 0.3 is 5.97 Å². The molecule has 0 bridgehead atoms. The zero-order valence-corrected chi connectivity index (χ0v) is 7.74. The number of hydrogen-bond acceptors (Lipinski definition) is 1. The van der Waals surface area contributed by atoms with Gasteiger partial charge in [-0.15, -0.1) is 0 Å². The lowest BCUT2D eigenvalue weighted by molar-refractivity contribution is 0.0691. The Hall–Kier alpha value is -2.23. The minimum atomic E-state index is -0.941. The van der Waals surface area contributed by atoms with E-state index in [0.717, 1.165) is 21.9 Å². The van der Waals surface area contributed by atoms with Crippen LogP contribution in [0, 0.1) is 0 Å². The van der Waals surface area contributed by atoms with Crippen molar-refractivity contribution in [1.29, 1.82) is 0 Å². The highest BCUT2D eigenvalue weighted by molar-refractivity contribution is 6.07. The van der Waals surface area contributed by atoms with Crippen molar-refractivity contribution in [3.63, 3.8) is 0 Å². The second kappa shape index (κ2) is 2.63. The summed E-state index contributed by atoms with van der Waals surface area (Å²) in [6, 6.07) is 9.39. The number of aromatic carboxylic acids is 1. The number of rotatable bonds is 1. The van der Waals surface area contributed by atoms with Crippen LogP contribution in [0.1, 0.15) is 10.5 Å². The van der Waals surface area contributed by atoms with Gasteiger partial charge in [0.1, 0.15) is 5.69 Å². The van der Waals surface area contributed by atoms with E-state index >= 15 is 0 Å². The maximum atomic E-state index is 10.8. The first-order chi connectivity index (χ1) is 7.25. The van der Waals surface area contributed by atoms with Gasteiger partial charge in [0.2, 0.25) is 0 Å². The summed E-state index contributed by atoms with van der Waals surface area (Å²) >= 11 is 0. The van der Waals surface area contributed by atoms with Crippen LogP contribution in [0.25, 0.3) is 21.9 Å². The van der Waals surface area contributed by atoms with E-state index in [4.69, 9.17) is 5.11 Å². The molecule has 74 valence electrons. The van der Waals surface area contributed by atoms with Crippen LogP contribution in [0.5, 0.6) is 0 Å². The third-order valence-corrected chi connectivity index (χ3v) is 2.51. The highest BCUT2D eigenvalue weighted by Crippen LogP contribution is 2.24. The first-order valence-electron chi connectivity index (χ1n) is 4.58. The Morgan fingerprint density at radius 2 is 1.93 bits per heavy atom. The van der Waals surface area contributed by atoms with Crippen LogP contribution < -0.4 is 0 Å². The summed E-state index contributed by atoms with van der Waals surface area (Å²) in [4.78, 5) is 16.8. The van der Waals surface area contributed by atoms with Crippen molar-refractivity contribution in [2.75, 3.05) is 0 Å². The van der Waals surface area contributed by atoms with Crippen LogP contribution in [-0.4, -0.2) is 21.0 Å². The maximum Gasteiger partial charge on any atom is 0.352 e. The standard InChI is InChI=1S/C11H8N2O2/c14-11(15)9-5-8-10(13-9)6-3-1-2-4-7(6)12-8/h1-5,12-13H,(H,14,15). The van der Waals surface area contributed by atoms with Crippen molar-refractivity contribution in [2.24, 2.45) is 0 Å². The number of carboxylic acids is 1. The number of para-hydroxylation sites is 1. The van der Waals surface area contributed by atoms with Gasteiger partial charge in [-0.25, -0.2) is 4.79 Å². The summed E-state index contributed by atoms with van der Waals surface area (Å²) in [7, 11) is 0. The average molecular weight is 200 g/mol. The smallest absolute Gasteiger partial charge is 0.352 e. The van der Waals surface area contributed by atoms with Crippen molar-refractivity contribution in [3.8, 4) is 0 Å². The summed E-state index contributed by atoms with van der Waals surface area (Å²) < 4.78 is 0. The van der Waals surface area contributed by atoms with E-state index in [0.29, 0.717) is 0 Å². The molecular weight excluding hydrogens is 192 g/mol. The molecule has 0 saturated carbocycles. The van der Waals surface area contributed by atoms with E-state index in [1.807, 2.05) is 24.3 Å². The van der Waals surface area contributed by atoms with E-state index < -0.39 is 5.97 Å². The van der Waals surface area contributed by atoms with Crippen molar-refractivity contribution < 1.29 is 9.90 Å². The number of aromatic amines is 2. The third-order valence-electron chi connectivity index (χ3n) is 2.51. The molecule has 0 saturated heterocycles. The van der Waals surface area contributed by atoms with Gasteiger partial charge in [0.05, 0.1) is 11.0 Å². The van der Waals surface area contributed by atoms with E-state index in [1.165, 1.54) is 0 Å². The fourth-order valence-corrected chi connectivity index (χ4v) is 1.84. The van der Waals surface area contributed by atoms with Crippen LogP contribution in [0.3, 0.4) is 0 Å². The highest BCUT2D eigenvalue weighted by atomic mass is 16.4. The summed E-state index contributed by atoms with van der Waals surface area (Å²) in [5, 5.41) is 9.85. The largest absolute Gasteiger partial charge is 0.477 e. The topological polar surface area (TPSA) is 68.9 Å². The number of fused-ring (bicyclic) bond motifs is 3. The van der Waals surface area contributed by atoms with Crippen LogP contribution in [0.15, 0.2) is 30.3 Å². The molecule has 0 radical (unpaired) electrons. The summed E-state index contributed by atoms with van der Waals surface area (Å²) in [5.41, 5.74) is 2.90. The molecule has 2 heterocycles. The Kier molecular flexibility index (Phi) is 1.42. The predicted octanol–water partition coefficient (Wildman–Crippen LogP) is 2.35. The minimum absolute atomic E-state index is 0.210. The monoisotopic (exact) mass is 200 g/mol.